The summed E-state index contributed by atoms with van der Waals surface area (Å²) in [6.45, 7) is 0. The lowest BCUT2D eigenvalue weighted by Gasteiger charge is -2.10. The van der Waals surface area contributed by atoms with E-state index in [1.165, 1.54) is 12.8 Å². The summed E-state index contributed by atoms with van der Waals surface area (Å²) < 4.78 is 0. The van der Waals surface area contributed by atoms with Crippen molar-refractivity contribution in [3.63, 3.8) is 0 Å². The Hall–Kier alpha value is -0.870. The highest BCUT2D eigenvalue weighted by atomic mass is 15.3. The molecule has 0 spiro atoms. The second kappa shape index (κ2) is 2.64. The lowest BCUT2D eigenvalue weighted by molar-refractivity contribution is 0.475. The zero-order valence-corrected chi connectivity index (χ0v) is 6.25. The van der Waals surface area contributed by atoms with Crippen LogP contribution in [0.3, 0.4) is 0 Å². The van der Waals surface area contributed by atoms with Crippen molar-refractivity contribution in [1.82, 2.24) is 15.4 Å². The molecule has 1 saturated carbocycles. The Balaban J connectivity index is 2.11. The average Bonchev–Trinajstić information content (AvgIpc) is 2.68. The van der Waals surface area contributed by atoms with Gasteiger partial charge in [0, 0.05) is 12.4 Å². The molecule has 2 rings (SSSR count). The minimum atomic E-state index is 0.227. The Kier molecular flexibility index (Phi) is 1.63. The van der Waals surface area contributed by atoms with E-state index < -0.39 is 0 Å². The number of rotatable bonds is 3. The number of hydrogen-bond donors (Lipinski definition) is 3. The Labute approximate surface area is 65.2 Å². The first-order valence-corrected chi connectivity index (χ1v) is 3.87. The van der Waals surface area contributed by atoms with Gasteiger partial charge in [-0.3, -0.25) is 5.84 Å². The summed E-state index contributed by atoms with van der Waals surface area (Å²) in [5.74, 6) is 7.03. The minimum Gasteiger partial charge on any atom is -0.347 e. The van der Waals surface area contributed by atoms with Gasteiger partial charge in [0.2, 0.25) is 0 Å². The van der Waals surface area contributed by atoms with E-state index in [1.54, 1.807) is 6.20 Å². The molecule has 4 heteroatoms. The van der Waals surface area contributed by atoms with Gasteiger partial charge < -0.3 is 4.98 Å². The number of nitrogens with one attached hydrogen (secondary N) is 2. The summed E-state index contributed by atoms with van der Waals surface area (Å²) in [6.07, 6.45) is 6.09. The van der Waals surface area contributed by atoms with E-state index in [9.17, 15) is 0 Å². The monoisotopic (exact) mass is 152 g/mol. The van der Waals surface area contributed by atoms with Gasteiger partial charge in [0.15, 0.2) is 0 Å². The molecule has 0 amide bonds. The third kappa shape index (κ3) is 1.27. The zero-order chi connectivity index (χ0) is 7.68. The lowest BCUT2D eigenvalue weighted by Crippen LogP contribution is -2.30. The number of H-pyrrole nitrogens is 1. The number of hydrazine groups is 1. The van der Waals surface area contributed by atoms with Gasteiger partial charge in [-0.15, -0.1) is 0 Å². The van der Waals surface area contributed by atoms with Crippen LogP contribution in [0.5, 0.6) is 0 Å². The zero-order valence-electron chi connectivity index (χ0n) is 6.25. The molecule has 1 aliphatic carbocycles. The first-order valence-electron chi connectivity index (χ1n) is 3.87. The van der Waals surface area contributed by atoms with Crippen LogP contribution >= 0.6 is 0 Å². The van der Waals surface area contributed by atoms with Crippen LogP contribution in [0.15, 0.2) is 12.4 Å². The summed E-state index contributed by atoms with van der Waals surface area (Å²) in [7, 11) is 0. The summed E-state index contributed by atoms with van der Waals surface area (Å²) in [5.41, 5.74) is 2.77. The van der Waals surface area contributed by atoms with Crippen molar-refractivity contribution >= 4 is 0 Å². The first-order chi connectivity index (χ1) is 5.42. The molecule has 1 fully saturated rings. The van der Waals surface area contributed by atoms with Crippen molar-refractivity contribution in [2.45, 2.75) is 18.9 Å². The molecule has 4 nitrogen and oxygen atoms in total. The molecule has 0 radical (unpaired) electrons. The van der Waals surface area contributed by atoms with Crippen molar-refractivity contribution in [3.05, 3.63) is 18.2 Å². The molecule has 1 aromatic heterocycles. The van der Waals surface area contributed by atoms with Crippen molar-refractivity contribution in [1.29, 1.82) is 0 Å². The van der Waals surface area contributed by atoms with Crippen LogP contribution in [0.2, 0.25) is 0 Å². The Morgan fingerprint density at radius 1 is 1.73 bits per heavy atom. The average molecular weight is 152 g/mol. The van der Waals surface area contributed by atoms with Gasteiger partial charge in [0.1, 0.15) is 5.82 Å². The normalized spacial score (nSPS) is 20.1. The SMILES string of the molecule is NNC(c1ncc[nH]1)C1CC1. The van der Waals surface area contributed by atoms with E-state index in [0.29, 0.717) is 5.92 Å². The lowest BCUT2D eigenvalue weighted by atomic mass is 10.2. The maximum atomic E-state index is 5.39. The fourth-order valence-corrected chi connectivity index (χ4v) is 1.32. The van der Waals surface area contributed by atoms with Crippen LogP contribution < -0.4 is 11.3 Å². The van der Waals surface area contributed by atoms with E-state index in [1.807, 2.05) is 6.20 Å². The second-order valence-corrected chi connectivity index (χ2v) is 2.96. The fraction of sp³-hybridized carbons (Fsp3) is 0.571. The molecular weight excluding hydrogens is 140 g/mol. The number of aromatic nitrogens is 2. The predicted octanol–water partition coefficient (Wildman–Crippen LogP) is 0.324. The molecule has 1 atom stereocenters. The molecule has 1 unspecified atom stereocenters. The van der Waals surface area contributed by atoms with E-state index in [2.05, 4.69) is 15.4 Å². The molecule has 11 heavy (non-hydrogen) atoms. The van der Waals surface area contributed by atoms with Crippen molar-refractivity contribution in [3.8, 4) is 0 Å². The predicted molar refractivity (Wildman–Crippen MR) is 41.4 cm³/mol. The van der Waals surface area contributed by atoms with Gasteiger partial charge in [0.05, 0.1) is 6.04 Å². The number of aromatic amines is 1. The maximum Gasteiger partial charge on any atom is 0.124 e. The van der Waals surface area contributed by atoms with Crippen LogP contribution in [-0.2, 0) is 0 Å². The highest BCUT2D eigenvalue weighted by Crippen LogP contribution is 2.39. The standard InChI is InChI=1S/C7H12N4/c8-11-6(5-1-2-5)7-9-3-4-10-7/h3-6,11H,1-2,8H2,(H,9,10). The van der Waals surface area contributed by atoms with E-state index in [4.69, 9.17) is 5.84 Å². The molecule has 1 aromatic rings. The summed E-state index contributed by atoms with van der Waals surface area (Å²) in [6, 6.07) is 0.227. The quantitative estimate of drug-likeness (QED) is 0.431. The van der Waals surface area contributed by atoms with Gasteiger partial charge in [-0.25, -0.2) is 10.4 Å². The fourth-order valence-electron chi connectivity index (χ4n) is 1.32. The topological polar surface area (TPSA) is 66.7 Å². The molecule has 0 aromatic carbocycles. The van der Waals surface area contributed by atoms with Crippen molar-refractivity contribution < 1.29 is 0 Å². The van der Waals surface area contributed by atoms with Gasteiger partial charge in [-0.2, -0.15) is 0 Å². The summed E-state index contributed by atoms with van der Waals surface area (Å²) in [5, 5.41) is 0. The van der Waals surface area contributed by atoms with Crippen molar-refractivity contribution in [2.24, 2.45) is 11.8 Å². The molecule has 4 N–H and O–H groups in total. The summed E-state index contributed by atoms with van der Waals surface area (Å²) >= 11 is 0. The Morgan fingerprint density at radius 2 is 2.55 bits per heavy atom. The minimum absolute atomic E-state index is 0.227. The van der Waals surface area contributed by atoms with Crippen LogP contribution in [0.4, 0.5) is 0 Å². The smallest absolute Gasteiger partial charge is 0.124 e. The van der Waals surface area contributed by atoms with Crippen LogP contribution in [0.25, 0.3) is 0 Å². The van der Waals surface area contributed by atoms with E-state index in [-0.39, 0.29) is 6.04 Å². The van der Waals surface area contributed by atoms with Crippen molar-refractivity contribution in [2.75, 3.05) is 0 Å². The molecule has 1 heterocycles. The van der Waals surface area contributed by atoms with Gasteiger partial charge in [-0.05, 0) is 18.8 Å². The largest absolute Gasteiger partial charge is 0.347 e. The Morgan fingerprint density at radius 3 is 3.00 bits per heavy atom. The molecule has 0 aliphatic heterocycles. The van der Waals surface area contributed by atoms with Gasteiger partial charge >= 0.3 is 0 Å². The number of hydrogen-bond acceptors (Lipinski definition) is 3. The Bertz CT molecular complexity index is 214. The molecule has 60 valence electrons. The van der Waals surface area contributed by atoms with Crippen LogP contribution in [0.1, 0.15) is 24.7 Å². The number of nitrogens with two attached hydrogens (primary N) is 1. The molecule has 1 aliphatic rings. The molecule has 0 saturated heterocycles. The highest BCUT2D eigenvalue weighted by molar-refractivity contribution is 5.01. The van der Waals surface area contributed by atoms with Gasteiger partial charge in [-0.1, -0.05) is 0 Å². The number of imidazole rings is 1. The van der Waals surface area contributed by atoms with Crippen LogP contribution in [0, 0.1) is 5.92 Å². The van der Waals surface area contributed by atoms with Gasteiger partial charge in [0.25, 0.3) is 0 Å². The highest BCUT2D eigenvalue weighted by Gasteiger charge is 2.32. The third-order valence-corrected chi connectivity index (χ3v) is 2.09. The van der Waals surface area contributed by atoms with E-state index in [0.717, 1.165) is 5.82 Å². The third-order valence-electron chi connectivity index (χ3n) is 2.09. The molecular formula is C7H12N4. The van der Waals surface area contributed by atoms with Crippen LogP contribution in [-0.4, -0.2) is 9.97 Å². The second-order valence-electron chi connectivity index (χ2n) is 2.96. The number of nitrogens with zero attached hydrogens (tertiary/aromatic N) is 1. The maximum absolute atomic E-state index is 5.39. The molecule has 0 bridgehead atoms. The summed E-state index contributed by atoms with van der Waals surface area (Å²) in [4.78, 5) is 7.21. The first kappa shape index (κ1) is 6.82. The van der Waals surface area contributed by atoms with E-state index >= 15 is 0 Å².